The lowest BCUT2D eigenvalue weighted by molar-refractivity contribution is 0.0482. The molecule has 106 valence electrons. The second kappa shape index (κ2) is 5.67. The molecule has 0 bridgehead atoms. The number of hydrogen-bond donors (Lipinski definition) is 0. The Hall–Kier alpha value is -1.81. The molecule has 4 heteroatoms. The van der Waals surface area contributed by atoms with Crippen LogP contribution in [-0.2, 0) is 16.1 Å². The molecule has 2 aliphatic heterocycles. The van der Waals surface area contributed by atoms with E-state index in [2.05, 4.69) is 6.58 Å². The SMILES string of the molecule is C=C1C[C@H](COCc2ccccc2)N2C(=O)OC[C@H]2C1. The maximum Gasteiger partial charge on any atom is 0.410 e. The third kappa shape index (κ3) is 2.70. The largest absolute Gasteiger partial charge is 0.447 e. The van der Waals surface area contributed by atoms with Gasteiger partial charge in [0.2, 0.25) is 0 Å². The number of nitrogens with zero attached hydrogens (tertiary/aromatic N) is 1. The van der Waals surface area contributed by atoms with E-state index in [4.69, 9.17) is 9.47 Å². The first-order chi connectivity index (χ1) is 9.74. The second-order valence-electron chi connectivity index (χ2n) is 5.45. The van der Waals surface area contributed by atoms with Crippen LogP contribution in [0, 0.1) is 0 Å². The Morgan fingerprint density at radius 2 is 2.10 bits per heavy atom. The van der Waals surface area contributed by atoms with Crippen LogP contribution in [-0.4, -0.2) is 36.3 Å². The van der Waals surface area contributed by atoms with Crippen molar-refractivity contribution in [1.82, 2.24) is 4.90 Å². The van der Waals surface area contributed by atoms with E-state index in [0.717, 1.165) is 18.4 Å². The second-order valence-corrected chi connectivity index (χ2v) is 5.45. The van der Waals surface area contributed by atoms with Crippen molar-refractivity contribution >= 4 is 6.09 Å². The molecule has 1 aromatic rings. The van der Waals surface area contributed by atoms with Gasteiger partial charge in [0.1, 0.15) is 6.61 Å². The summed E-state index contributed by atoms with van der Waals surface area (Å²) < 4.78 is 10.9. The quantitative estimate of drug-likeness (QED) is 0.792. The summed E-state index contributed by atoms with van der Waals surface area (Å²) in [7, 11) is 0. The van der Waals surface area contributed by atoms with Gasteiger partial charge >= 0.3 is 6.09 Å². The Bertz CT molecular complexity index is 500. The maximum absolute atomic E-state index is 11.8. The molecule has 1 amide bonds. The molecule has 0 radical (unpaired) electrons. The topological polar surface area (TPSA) is 38.8 Å². The van der Waals surface area contributed by atoms with Gasteiger partial charge in [0.05, 0.1) is 25.3 Å². The minimum absolute atomic E-state index is 0.0555. The molecule has 0 aliphatic carbocycles. The predicted octanol–water partition coefficient (Wildman–Crippen LogP) is 2.74. The summed E-state index contributed by atoms with van der Waals surface area (Å²) in [5.41, 5.74) is 2.32. The van der Waals surface area contributed by atoms with Crippen LogP contribution in [0.3, 0.4) is 0 Å². The van der Waals surface area contributed by atoms with Crippen molar-refractivity contribution in [2.45, 2.75) is 31.5 Å². The van der Waals surface area contributed by atoms with Gasteiger partial charge in [0.25, 0.3) is 0 Å². The van der Waals surface area contributed by atoms with E-state index in [1.54, 1.807) is 0 Å². The van der Waals surface area contributed by atoms with Crippen molar-refractivity contribution in [3.8, 4) is 0 Å². The lowest BCUT2D eigenvalue weighted by atomic mass is 9.93. The smallest absolute Gasteiger partial charge is 0.410 e. The third-order valence-corrected chi connectivity index (χ3v) is 3.87. The zero-order valence-corrected chi connectivity index (χ0v) is 11.5. The number of rotatable bonds is 4. The first-order valence-electron chi connectivity index (χ1n) is 6.97. The van der Waals surface area contributed by atoms with Gasteiger partial charge in [0, 0.05) is 0 Å². The van der Waals surface area contributed by atoms with Crippen LogP contribution in [0.25, 0.3) is 0 Å². The van der Waals surface area contributed by atoms with Crippen molar-refractivity contribution in [3.05, 3.63) is 48.0 Å². The average molecular weight is 273 g/mol. The van der Waals surface area contributed by atoms with E-state index < -0.39 is 0 Å². The van der Waals surface area contributed by atoms with Crippen molar-refractivity contribution < 1.29 is 14.3 Å². The molecular weight excluding hydrogens is 254 g/mol. The molecule has 20 heavy (non-hydrogen) atoms. The summed E-state index contributed by atoms with van der Waals surface area (Å²) >= 11 is 0. The molecule has 0 N–H and O–H groups in total. The zero-order chi connectivity index (χ0) is 13.9. The van der Waals surface area contributed by atoms with Crippen LogP contribution < -0.4 is 0 Å². The number of ether oxygens (including phenoxy) is 2. The number of cyclic esters (lactones) is 1. The standard InChI is InChI=1S/C16H19NO3/c1-12-7-14(17-15(8-12)11-20-16(17)18)10-19-9-13-5-3-2-4-6-13/h2-6,14-15H,1,7-11H2/t14-,15-/m1/s1. The molecule has 3 rings (SSSR count). The minimum Gasteiger partial charge on any atom is -0.447 e. The number of carbonyl (C=O) groups is 1. The molecule has 1 aromatic carbocycles. The number of hydrogen-bond acceptors (Lipinski definition) is 3. The lowest BCUT2D eigenvalue weighted by Crippen LogP contribution is -2.48. The average Bonchev–Trinajstić information content (AvgIpc) is 2.81. The van der Waals surface area contributed by atoms with Gasteiger partial charge in [-0.25, -0.2) is 4.79 Å². The summed E-state index contributed by atoms with van der Waals surface area (Å²) in [5, 5.41) is 0. The van der Waals surface area contributed by atoms with Gasteiger partial charge in [-0.1, -0.05) is 42.5 Å². The Morgan fingerprint density at radius 3 is 2.90 bits per heavy atom. The zero-order valence-electron chi connectivity index (χ0n) is 11.5. The molecule has 0 unspecified atom stereocenters. The fraction of sp³-hybridized carbons (Fsp3) is 0.438. The first-order valence-corrected chi connectivity index (χ1v) is 6.97. The Labute approximate surface area is 119 Å². The van der Waals surface area contributed by atoms with Crippen molar-refractivity contribution in [3.63, 3.8) is 0 Å². The van der Waals surface area contributed by atoms with Crippen molar-refractivity contribution in [1.29, 1.82) is 0 Å². The van der Waals surface area contributed by atoms with Crippen LogP contribution in [0.15, 0.2) is 42.5 Å². The summed E-state index contributed by atoms with van der Waals surface area (Å²) in [5.74, 6) is 0. The number of fused-ring (bicyclic) bond motifs is 1. The summed E-state index contributed by atoms with van der Waals surface area (Å²) in [6.45, 7) is 5.64. The molecule has 2 atom stereocenters. The molecule has 0 aromatic heterocycles. The molecule has 2 heterocycles. The van der Waals surface area contributed by atoms with E-state index in [1.165, 1.54) is 5.57 Å². The lowest BCUT2D eigenvalue weighted by Gasteiger charge is -2.36. The molecule has 2 fully saturated rings. The number of piperidine rings is 1. The number of amides is 1. The summed E-state index contributed by atoms with van der Waals surface area (Å²) in [4.78, 5) is 13.6. The Kier molecular flexibility index (Phi) is 3.74. The fourth-order valence-corrected chi connectivity index (χ4v) is 2.95. The van der Waals surface area contributed by atoms with Crippen LogP contribution >= 0.6 is 0 Å². The normalized spacial score (nSPS) is 25.5. The Morgan fingerprint density at radius 1 is 1.30 bits per heavy atom. The van der Waals surface area contributed by atoms with Gasteiger partial charge < -0.3 is 9.47 Å². The van der Waals surface area contributed by atoms with Gasteiger partial charge in [-0.15, -0.1) is 0 Å². The van der Waals surface area contributed by atoms with E-state index in [-0.39, 0.29) is 18.2 Å². The van der Waals surface area contributed by atoms with Crippen molar-refractivity contribution in [2.75, 3.05) is 13.2 Å². The van der Waals surface area contributed by atoms with E-state index >= 15 is 0 Å². The van der Waals surface area contributed by atoms with Crippen molar-refractivity contribution in [2.24, 2.45) is 0 Å². The summed E-state index contributed by atoms with van der Waals surface area (Å²) in [6.07, 6.45) is 1.44. The van der Waals surface area contributed by atoms with Gasteiger partial charge in [0.15, 0.2) is 0 Å². The van der Waals surface area contributed by atoms with E-state index in [0.29, 0.717) is 19.8 Å². The minimum atomic E-state index is -0.212. The molecular formula is C16H19NO3. The van der Waals surface area contributed by atoms with E-state index in [1.807, 2.05) is 35.2 Å². The highest BCUT2D eigenvalue weighted by molar-refractivity contribution is 5.71. The first kappa shape index (κ1) is 13.2. The monoisotopic (exact) mass is 273 g/mol. The van der Waals surface area contributed by atoms with Gasteiger partial charge in [-0.3, -0.25) is 4.90 Å². The van der Waals surface area contributed by atoms with Crippen LogP contribution in [0.5, 0.6) is 0 Å². The highest BCUT2D eigenvalue weighted by Gasteiger charge is 2.41. The molecule has 4 nitrogen and oxygen atoms in total. The Balaban J connectivity index is 1.58. The molecule has 0 spiro atoms. The third-order valence-electron chi connectivity index (χ3n) is 3.87. The highest BCUT2D eigenvalue weighted by atomic mass is 16.6. The molecule has 2 aliphatic rings. The fourth-order valence-electron chi connectivity index (χ4n) is 2.95. The number of benzene rings is 1. The molecule has 2 saturated heterocycles. The van der Waals surface area contributed by atoms with Crippen LogP contribution in [0.2, 0.25) is 0 Å². The predicted molar refractivity (Wildman–Crippen MR) is 75.2 cm³/mol. The van der Waals surface area contributed by atoms with Gasteiger partial charge in [-0.05, 0) is 18.4 Å². The highest BCUT2D eigenvalue weighted by Crippen LogP contribution is 2.31. The number of carbonyl (C=O) groups excluding carboxylic acids is 1. The van der Waals surface area contributed by atoms with Crippen LogP contribution in [0.1, 0.15) is 18.4 Å². The maximum atomic E-state index is 11.8. The van der Waals surface area contributed by atoms with E-state index in [9.17, 15) is 4.79 Å². The van der Waals surface area contributed by atoms with Gasteiger partial charge in [-0.2, -0.15) is 0 Å². The summed E-state index contributed by atoms with van der Waals surface area (Å²) in [6, 6.07) is 10.2. The van der Waals surface area contributed by atoms with Crippen LogP contribution in [0.4, 0.5) is 4.79 Å². The molecule has 0 saturated carbocycles.